The van der Waals surface area contributed by atoms with Gasteiger partial charge in [0.2, 0.25) is 5.91 Å². The zero-order valence-corrected chi connectivity index (χ0v) is 16.3. The van der Waals surface area contributed by atoms with Gasteiger partial charge in [-0.15, -0.1) is 0 Å². The number of rotatable bonds is 8. The molecular weight excluding hydrogens is 360 g/mol. The normalized spacial score (nSPS) is 11.4. The number of guanidine groups is 1. The minimum Gasteiger partial charge on any atom is -0.368 e. The third-order valence-electron chi connectivity index (χ3n) is 3.92. The molecule has 0 spiro atoms. The van der Waals surface area contributed by atoms with Crippen LogP contribution in [0, 0.1) is 0 Å². The first-order chi connectivity index (χ1) is 13.4. The van der Waals surface area contributed by atoms with Gasteiger partial charge in [0.25, 0.3) is 5.91 Å². The maximum atomic E-state index is 11.9. The second-order valence-corrected chi connectivity index (χ2v) is 6.50. The number of aliphatic imine (C=N–C) groups is 1. The number of carbonyl (C=O) groups is 2. The van der Waals surface area contributed by atoms with Crippen LogP contribution in [0.5, 0.6) is 0 Å². The molecule has 0 bridgehead atoms. The Hall–Kier alpha value is -3.36. The molecule has 5 N–H and O–H groups in total. The number of nitrogens with two attached hydrogens (primary N) is 1. The van der Waals surface area contributed by atoms with E-state index in [0.717, 1.165) is 17.0 Å². The maximum absolute atomic E-state index is 11.9. The first-order valence-corrected chi connectivity index (χ1v) is 8.94. The molecule has 0 saturated carbocycles. The first-order valence-electron chi connectivity index (χ1n) is 8.94. The largest absolute Gasteiger partial charge is 0.368 e. The van der Waals surface area contributed by atoms with Gasteiger partial charge in [0.05, 0.1) is 18.8 Å². The molecule has 150 valence electrons. The van der Waals surface area contributed by atoms with E-state index in [-0.39, 0.29) is 12.5 Å². The van der Waals surface area contributed by atoms with Crippen molar-refractivity contribution in [1.82, 2.24) is 21.1 Å². The Labute approximate surface area is 163 Å². The van der Waals surface area contributed by atoms with Gasteiger partial charge >= 0.3 is 0 Å². The third-order valence-corrected chi connectivity index (χ3v) is 3.92. The smallest absolute Gasteiger partial charge is 0.251 e. The average Bonchev–Trinajstić information content (AvgIpc) is 3.16. The standard InChI is InChI=1S/C19H26N6O3/c1-12(2)16-8-15(28-25-16)10-24-19(21-3)23-9-13-4-6-14(7-5-13)18(27)22-11-17(20)26/h4-8,12H,9-11H2,1-3H3,(H2,20,26)(H,22,27)(H2,21,23,24). The second kappa shape index (κ2) is 10.1. The minimum absolute atomic E-state index is 0.187. The molecular formula is C19H26N6O3. The van der Waals surface area contributed by atoms with Crippen molar-refractivity contribution in [3.63, 3.8) is 0 Å². The number of benzene rings is 1. The Kier molecular flexibility index (Phi) is 7.55. The lowest BCUT2D eigenvalue weighted by atomic mass is 10.1. The summed E-state index contributed by atoms with van der Waals surface area (Å²) in [6, 6.07) is 8.94. The van der Waals surface area contributed by atoms with Gasteiger partial charge in [0.1, 0.15) is 0 Å². The van der Waals surface area contributed by atoms with Crippen molar-refractivity contribution in [2.45, 2.75) is 32.9 Å². The van der Waals surface area contributed by atoms with Crippen molar-refractivity contribution in [3.8, 4) is 0 Å². The van der Waals surface area contributed by atoms with Crippen LogP contribution in [-0.4, -0.2) is 36.5 Å². The van der Waals surface area contributed by atoms with Crippen LogP contribution >= 0.6 is 0 Å². The fourth-order valence-electron chi connectivity index (χ4n) is 2.31. The highest BCUT2D eigenvalue weighted by Gasteiger charge is 2.09. The molecule has 2 rings (SSSR count). The fourth-order valence-corrected chi connectivity index (χ4v) is 2.31. The topological polar surface area (TPSA) is 135 Å². The third kappa shape index (κ3) is 6.42. The molecule has 0 aliphatic rings. The quantitative estimate of drug-likeness (QED) is 0.393. The number of primary amides is 1. The summed E-state index contributed by atoms with van der Waals surface area (Å²) in [6.45, 7) is 4.92. The van der Waals surface area contributed by atoms with E-state index in [2.05, 4.69) is 39.9 Å². The van der Waals surface area contributed by atoms with Gasteiger partial charge in [-0.25, -0.2) is 0 Å². The van der Waals surface area contributed by atoms with Gasteiger partial charge < -0.3 is 26.2 Å². The lowest BCUT2D eigenvalue weighted by molar-refractivity contribution is -0.117. The minimum atomic E-state index is -0.584. The van der Waals surface area contributed by atoms with Crippen LogP contribution in [0.3, 0.4) is 0 Å². The van der Waals surface area contributed by atoms with E-state index in [1.165, 1.54) is 0 Å². The van der Waals surface area contributed by atoms with Crippen molar-refractivity contribution in [1.29, 1.82) is 0 Å². The first kappa shape index (κ1) is 20.9. The Balaban J connectivity index is 1.82. The van der Waals surface area contributed by atoms with Gasteiger partial charge in [-0.1, -0.05) is 31.1 Å². The summed E-state index contributed by atoms with van der Waals surface area (Å²) in [4.78, 5) is 26.7. The SMILES string of the molecule is CN=C(NCc1ccc(C(=O)NCC(N)=O)cc1)NCc1cc(C(C)C)no1. The van der Waals surface area contributed by atoms with E-state index >= 15 is 0 Å². The highest BCUT2D eigenvalue weighted by molar-refractivity contribution is 5.96. The molecule has 0 aliphatic carbocycles. The average molecular weight is 386 g/mol. The van der Waals surface area contributed by atoms with Crippen LogP contribution in [0.15, 0.2) is 39.8 Å². The predicted octanol–water partition coefficient (Wildman–Crippen LogP) is 0.878. The molecule has 0 aliphatic heterocycles. The van der Waals surface area contributed by atoms with E-state index in [1.807, 2.05) is 18.2 Å². The molecule has 1 aromatic carbocycles. The molecule has 2 aromatic rings. The summed E-state index contributed by atoms with van der Waals surface area (Å²) < 4.78 is 5.29. The Morgan fingerprint density at radius 2 is 1.82 bits per heavy atom. The fraction of sp³-hybridized carbons (Fsp3) is 0.368. The summed E-state index contributed by atoms with van der Waals surface area (Å²) in [5.74, 6) is 0.738. The molecule has 0 unspecified atom stereocenters. The number of carbonyl (C=O) groups excluding carboxylic acids is 2. The number of hydrogen-bond acceptors (Lipinski definition) is 5. The molecule has 0 radical (unpaired) electrons. The monoisotopic (exact) mass is 386 g/mol. The van der Waals surface area contributed by atoms with Gasteiger partial charge in [-0.3, -0.25) is 14.6 Å². The Morgan fingerprint density at radius 3 is 2.39 bits per heavy atom. The Bertz CT molecular complexity index is 826. The molecule has 0 saturated heterocycles. The zero-order valence-electron chi connectivity index (χ0n) is 16.3. The Morgan fingerprint density at radius 1 is 1.14 bits per heavy atom. The molecule has 0 atom stereocenters. The van der Waals surface area contributed by atoms with Crippen molar-refractivity contribution in [2.75, 3.05) is 13.6 Å². The molecule has 2 amide bonds. The van der Waals surface area contributed by atoms with Crippen molar-refractivity contribution in [2.24, 2.45) is 10.7 Å². The van der Waals surface area contributed by atoms with Gasteiger partial charge in [0.15, 0.2) is 11.7 Å². The zero-order chi connectivity index (χ0) is 20.5. The number of aromatic nitrogens is 1. The molecule has 1 aromatic heterocycles. The summed E-state index contributed by atoms with van der Waals surface area (Å²) in [5, 5.41) is 12.8. The molecule has 9 nitrogen and oxygen atoms in total. The summed E-state index contributed by atoms with van der Waals surface area (Å²) in [6.07, 6.45) is 0. The molecule has 1 heterocycles. The number of hydrogen-bond donors (Lipinski definition) is 4. The number of nitrogens with zero attached hydrogens (tertiary/aromatic N) is 2. The van der Waals surface area contributed by atoms with Crippen LogP contribution in [0.2, 0.25) is 0 Å². The van der Waals surface area contributed by atoms with Crippen LogP contribution in [0.25, 0.3) is 0 Å². The van der Waals surface area contributed by atoms with Crippen LogP contribution in [0.4, 0.5) is 0 Å². The molecule has 0 fully saturated rings. The van der Waals surface area contributed by atoms with Crippen molar-refractivity contribution in [3.05, 3.63) is 52.9 Å². The van der Waals surface area contributed by atoms with Crippen molar-refractivity contribution >= 4 is 17.8 Å². The second-order valence-electron chi connectivity index (χ2n) is 6.50. The van der Waals surface area contributed by atoms with Crippen LogP contribution in [-0.2, 0) is 17.9 Å². The van der Waals surface area contributed by atoms with E-state index in [1.54, 1.807) is 19.2 Å². The van der Waals surface area contributed by atoms with Gasteiger partial charge in [-0.05, 0) is 23.6 Å². The molecule has 9 heteroatoms. The summed E-state index contributed by atoms with van der Waals surface area (Å²) >= 11 is 0. The van der Waals surface area contributed by atoms with Crippen molar-refractivity contribution < 1.29 is 14.1 Å². The van der Waals surface area contributed by atoms with Crippen LogP contribution < -0.4 is 21.7 Å². The number of nitrogens with one attached hydrogen (secondary N) is 3. The maximum Gasteiger partial charge on any atom is 0.251 e. The molecule has 28 heavy (non-hydrogen) atoms. The predicted molar refractivity (Wildman–Crippen MR) is 106 cm³/mol. The number of amides is 2. The van der Waals surface area contributed by atoms with E-state index in [0.29, 0.717) is 30.5 Å². The van der Waals surface area contributed by atoms with Gasteiger partial charge in [0, 0.05) is 25.2 Å². The summed E-state index contributed by atoms with van der Waals surface area (Å²) in [7, 11) is 1.68. The highest BCUT2D eigenvalue weighted by atomic mass is 16.5. The van der Waals surface area contributed by atoms with E-state index < -0.39 is 5.91 Å². The van der Waals surface area contributed by atoms with E-state index in [4.69, 9.17) is 10.3 Å². The van der Waals surface area contributed by atoms with E-state index in [9.17, 15) is 9.59 Å². The highest BCUT2D eigenvalue weighted by Crippen LogP contribution is 2.13. The van der Waals surface area contributed by atoms with Gasteiger partial charge in [-0.2, -0.15) is 0 Å². The lowest BCUT2D eigenvalue weighted by Gasteiger charge is -2.11. The van der Waals surface area contributed by atoms with Crippen LogP contribution in [0.1, 0.15) is 47.1 Å². The lowest BCUT2D eigenvalue weighted by Crippen LogP contribution is -2.36. The summed E-state index contributed by atoms with van der Waals surface area (Å²) in [5.41, 5.74) is 7.35.